The molecular formula is C24H28N6O3. The summed E-state index contributed by atoms with van der Waals surface area (Å²) < 4.78 is 12.8. The average Bonchev–Trinajstić information content (AvgIpc) is 3.40. The van der Waals surface area contributed by atoms with E-state index in [1.165, 1.54) is 0 Å². The van der Waals surface area contributed by atoms with Crippen LogP contribution >= 0.6 is 0 Å². The molecule has 2 aromatic heterocycles. The lowest BCUT2D eigenvalue weighted by Crippen LogP contribution is -2.43. The fourth-order valence-corrected chi connectivity index (χ4v) is 4.53. The third-order valence-corrected chi connectivity index (χ3v) is 6.20. The summed E-state index contributed by atoms with van der Waals surface area (Å²) in [5.74, 6) is 2.37. The molecule has 0 aliphatic carbocycles. The van der Waals surface area contributed by atoms with Crippen molar-refractivity contribution in [2.75, 3.05) is 24.8 Å². The number of anilines is 1. The Bertz CT molecular complexity index is 1090. The van der Waals surface area contributed by atoms with Crippen molar-refractivity contribution < 1.29 is 14.3 Å². The number of aromatic nitrogens is 4. The molecule has 33 heavy (non-hydrogen) atoms. The van der Waals surface area contributed by atoms with Crippen LogP contribution in [-0.2, 0) is 22.6 Å². The van der Waals surface area contributed by atoms with Crippen molar-refractivity contribution >= 4 is 11.7 Å². The molecule has 0 spiro atoms. The summed E-state index contributed by atoms with van der Waals surface area (Å²) in [5.41, 5.74) is 2.23. The fraction of sp³-hybridized carbons (Fsp3) is 0.417. The van der Waals surface area contributed by atoms with E-state index >= 15 is 0 Å². The lowest BCUT2D eigenvalue weighted by atomic mass is 9.99. The largest absolute Gasteiger partial charge is 0.467 e. The predicted molar refractivity (Wildman–Crippen MR) is 122 cm³/mol. The molecule has 1 fully saturated rings. The molecular weight excluding hydrogens is 420 g/mol. The molecule has 9 nitrogen and oxygen atoms in total. The van der Waals surface area contributed by atoms with Gasteiger partial charge in [0.15, 0.2) is 6.79 Å². The molecule has 3 aromatic rings. The van der Waals surface area contributed by atoms with Crippen molar-refractivity contribution in [2.45, 2.75) is 44.8 Å². The van der Waals surface area contributed by atoms with E-state index < -0.39 is 0 Å². The van der Waals surface area contributed by atoms with Crippen LogP contribution in [0.3, 0.4) is 0 Å². The summed E-state index contributed by atoms with van der Waals surface area (Å²) in [6.45, 7) is 2.31. The second kappa shape index (κ2) is 9.99. The highest BCUT2D eigenvalue weighted by Gasteiger charge is 2.26. The van der Waals surface area contributed by atoms with Gasteiger partial charge in [-0.25, -0.2) is 9.97 Å². The molecule has 1 saturated heterocycles. The number of benzene rings is 1. The first-order valence-electron chi connectivity index (χ1n) is 11.4. The molecule has 2 aliphatic heterocycles. The average molecular weight is 449 g/mol. The van der Waals surface area contributed by atoms with Gasteiger partial charge in [0.1, 0.15) is 17.9 Å². The van der Waals surface area contributed by atoms with Crippen LogP contribution in [0.4, 0.5) is 5.82 Å². The first-order chi connectivity index (χ1) is 16.3. The van der Waals surface area contributed by atoms with Crippen molar-refractivity contribution in [3.05, 3.63) is 60.3 Å². The van der Waals surface area contributed by atoms with Crippen LogP contribution in [0.25, 0.3) is 5.95 Å². The topological polar surface area (TPSA) is 94.4 Å². The molecule has 0 radical (unpaired) electrons. The van der Waals surface area contributed by atoms with Crippen molar-refractivity contribution in [1.29, 1.82) is 0 Å². The van der Waals surface area contributed by atoms with Crippen LogP contribution < -0.4 is 15.0 Å². The van der Waals surface area contributed by atoms with E-state index in [0.29, 0.717) is 32.3 Å². The van der Waals surface area contributed by atoms with Gasteiger partial charge in [-0.1, -0.05) is 12.1 Å². The Morgan fingerprint density at radius 2 is 2.18 bits per heavy atom. The van der Waals surface area contributed by atoms with Gasteiger partial charge in [-0.3, -0.25) is 9.36 Å². The summed E-state index contributed by atoms with van der Waals surface area (Å²) in [4.78, 5) is 28.2. The maximum atomic E-state index is 12.8. The molecule has 0 bridgehead atoms. The zero-order valence-electron chi connectivity index (χ0n) is 18.5. The third-order valence-electron chi connectivity index (χ3n) is 6.20. The predicted octanol–water partition coefficient (Wildman–Crippen LogP) is 2.64. The highest BCUT2D eigenvalue weighted by atomic mass is 16.7. The van der Waals surface area contributed by atoms with Crippen molar-refractivity contribution in [3.63, 3.8) is 0 Å². The minimum absolute atomic E-state index is 0.0630. The van der Waals surface area contributed by atoms with Gasteiger partial charge in [-0.2, -0.15) is 4.98 Å². The number of fused-ring (bicyclic) bond motifs is 1. The highest BCUT2D eigenvalue weighted by molar-refractivity contribution is 5.77. The summed E-state index contributed by atoms with van der Waals surface area (Å²) in [7, 11) is 0. The van der Waals surface area contributed by atoms with Crippen molar-refractivity contribution in [1.82, 2.24) is 24.8 Å². The molecule has 9 heteroatoms. The Morgan fingerprint density at radius 3 is 3.09 bits per heavy atom. The Morgan fingerprint density at radius 1 is 1.21 bits per heavy atom. The minimum Gasteiger partial charge on any atom is -0.467 e. The van der Waals surface area contributed by atoms with Crippen LogP contribution in [0.1, 0.15) is 36.8 Å². The quantitative estimate of drug-likeness (QED) is 0.594. The van der Waals surface area contributed by atoms with Crippen LogP contribution in [0.2, 0.25) is 0 Å². The van der Waals surface area contributed by atoms with E-state index in [4.69, 9.17) is 14.5 Å². The normalized spacial score (nSPS) is 17.8. The standard InChI is InChI=1S/C24H28N6O3/c31-23(26-9-7-18-4-3-6-21-20(18)15-32-17-33-21)14-19-5-1-2-12-30(19)22-8-10-27-24(28-22)29-13-11-25-16-29/h3-4,6,8,10-11,13,16,19H,1-2,5,7,9,12,14-15,17H2,(H,26,31). The van der Waals surface area contributed by atoms with E-state index in [-0.39, 0.29) is 11.9 Å². The SMILES string of the molecule is O=C(CC1CCCCN1c1ccnc(-n2ccnc2)n1)NCCc1cccc2c1COCO2. The van der Waals surface area contributed by atoms with Crippen LogP contribution in [0.15, 0.2) is 49.2 Å². The van der Waals surface area contributed by atoms with E-state index in [0.717, 1.165) is 54.9 Å². The van der Waals surface area contributed by atoms with Gasteiger partial charge in [0.2, 0.25) is 11.9 Å². The maximum Gasteiger partial charge on any atom is 0.236 e. The highest BCUT2D eigenvalue weighted by Crippen LogP contribution is 2.27. The monoisotopic (exact) mass is 448 g/mol. The molecule has 2 aliphatic rings. The molecule has 4 heterocycles. The Kier molecular flexibility index (Phi) is 6.48. The summed E-state index contributed by atoms with van der Waals surface area (Å²) in [6.07, 6.45) is 11.3. The van der Waals surface area contributed by atoms with E-state index in [9.17, 15) is 4.79 Å². The summed E-state index contributed by atoms with van der Waals surface area (Å²) in [5, 5.41) is 3.10. The van der Waals surface area contributed by atoms with Crippen molar-refractivity contribution in [2.24, 2.45) is 0 Å². The number of ether oxygens (including phenoxy) is 2. The van der Waals surface area contributed by atoms with Gasteiger partial charge in [-0.05, 0) is 43.4 Å². The van der Waals surface area contributed by atoms with Gasteiger partial charge in [-0.15, -0.1) is 0 Å². The summed E-state index contributed by atoms with van der Waals surface area (Å²) in [6, 6.07) is 8.05. The Labute approximate surface area is 192 Å². The number of carbonyl (C=O) groups excluding carboxylic acids is 1. The van der Waals surface area contributed by atoms with Gasteiger partial charge >= 0.3 is 0 Å². The lowest BCUT2D eigenvalue weighted by molar-refractivity contribution is -0.121. The second-order valence-corrected chi connectivity index (χ2v) is 8.34. The summed E-state index contributed by atoms with van der Waals surface area (Å²) >= 11 is 0. The number of hydrogen-bond acceptors (Lipinski definition) is 7. The van der Waals surface area contributed by atoms with Crippen LogP contribution in [-0.4, -0.2) is 51.4 Å². The van der Waals surface area contributed by atoms with Gasteiger partial charge < -0.3 is 19.7 Å². The molecule has 0 saturated carbocycles. The van der Waals surface area contributed by atoms with Crippen LogP contribution in [0.5, 0.6) is 5.75 Å². The first kappa shape index (κ1) is 21.4. The van der Waals surface area contributed by atoms with E-state index in [1.54, 1.807) is 23.3 Å². The van der Waals surface area contributed by atoms with Crippen LogP contribution in [0, 0.1) is 0 Å². The third kappa shape index (κ3) is 4.98. The number of imidazole rings is 1. The molecule has 1 atom stereocenters. The van der Waals surface area contributed by atoms with Gasteiger partial charge in [0.05, 0.1) is 6.61 Å². The Hall–Kier alpha value is -3.46. The number of hydrogen-bond donors (Lipinski definition) is 1. The molecule has 5 rings (SSSR count). The number of piperidine rings is 1. The van der Waals surface area contributed by atoms with E-state index in [2.05, 4.69) is 26.3 Å². The lowest BCUT2D eigenvalue weighted by Gasteiger charge is -2.36. The number of rotatable bonds is 7. The molecule has 1 amide bonds. The first-order valence-corrected chi connectivity index (χ1v) is 11.4. The fourth-order valence-electron chi connectivity index (χ4n) is 4.53. The number of carbonyl (C=O) groups is 1. The minimum atomic E-state index is 0.0630. The molecule has 1 unspecified atom stereocenters. The number of nitrogens with zero attached hydrogens (tertiary/aromatic N) is 5. The zero-order chi connectivity index (χ0) is 22.5. The molecule has 1 N–H and O–H groups in total. The van der Waals surface area contributed by atoms with E-state index in [1.807, 2.05) is 24.4 Å². The number of amides is 1. The smallest absolute Gasteiger partial charge is 0.236 e. The van der Waals surface area contributed by atoms with Gasteiger partial charge in [0, 0.05) is 49.7 Å². The molecule has 1 aromatic carbocycles. The van der Waals surface area contributed by atoms with Gasteiger partial charge in [0.25, 0.3) is 0 Å². The Balaban J connectivity index is 1.19. The molecule has 172 valence electrons. The van der Waals surface area contributed by atoms with Crippen molar-refractivity contribution in [3.8, 4) is 11.7 Å². The number of nitrogens with one attached hydrogen (secondary N) is 1. The maximum absolute atomic E-state index is 12.8. The second-order valence-electron chi connectivity index (χ2n) is 8.34. The zero-order valence-corrected chi connectivity index (χ0v) is 18.5.